The fourth-order valence-electron chi connectivity index (χ4n) is 2.36. The molecule has 0 fully saturated rings. The molecule has 0 radical (unpaired) electrons. The van der Waals surface area contributed by atoms with Crippen LogP contribution in [0.25, 0.3) is 0 Å². The van der Waals surface area contributed by atoms with Gasteiger partial charge < -0.3 is 15.7 Å². The summed E-state index contributed by atoms with van der Waals surface area (Å²) in [5.74, 6) is -2.23. The van der Waals surface area contributed by atoms with E-state index in [4.69, 9.17) is 5.11 Å². The molecule has 0 saturated carbocycles. The van der Waals surface area contributed by atoms with Crippen LogP contribution in [-0.2, 0) is 9.59 Å². The quantitative estimate of drug-likeness (QED) is 0.730. The predicted octanol–water partition coefficient (Wildman–Crippen LogP) is 3.14. The first-order chi connectivity index (χ1) is 11.8. The van der Waals surface area contributed by atoms with Gasteiger partial charge in [0, 0.05) is 17.8 Å². The van der Waals surface area contributed by atoms with Crippen LogP contribution in [0.5, 0.6) is 0 Å². The van der Waals surface area contributed by atoms with Gasteiger partial charge in [0.05, 0.1) is 11.3 Å². The number of hydrogen-bond acceptors (Lipinski definition) is 3. The topological polar surface area (TPSA) is 95.5 Å². The van der Waals surface area contributed by atoms with Crippen molar-refractivity contribution in [2.45, 2.75) is 13.8 Å². The predicted molar refractivity (Wildman–Crippen MR) is 95.7 cm³/mol. The second-order valence-electron chi connectivity index (χ2n) is 5.54. The van der Waals surface area contributed by atoms with E-state index in [9.17, 15) is 14.4 Å². The van der Waals surface area contributed by atoms with Gasteiger partial charge in [-0.2, -0.15) is 0 Å². The Bertz CT molecular complexity index is 836. The molecule has 0 unspecified atom stereocenters. The van der Waals surface area contributed by atoms with Crippen molar-refractivity contribution in [3.8, 4) is 0 Å². The van der Waals surface area contributed by atoms with Crippen molar-refractivity contribution in [1.29, 1.82) is 0 Å². The number of carboxylic acid groups (broad SMARTS) is 1. The third kappa shape index (κ3) is 5.31. The Kier molecular flexibility index (Phi) is 5.68. The van der Waals surface area contributed by atoms with Crippen molar-refractivity contribution in [2.75, 3.05) is 10.6 Å². The van der Waals surface area contributed by atoms with Crippen molar-refractivity contribution in [2.24, 2.45) is 0 Å². The molecular weight excluding hydrogens is 320 g/mol. The number of aliphatic carboxylic acids is 1. The van der Waals surface area contributed by atoms with Crippen LogP contribution in [0.3, 0.4) is 0 Å². The Morgan fingerprint density at radius 2 is 1.56 bits per heavy atom. The van der Waals surface area contributed by atoms with E-state index < -0.39 is 11.9 Å². The van der Waals surface area contributed by atoms with E-state index in [-0.39, 0.29) is 11.5 Å². The Labute approximate surface area is 145 Å². The van der Waals surface area contributed by atoms with E-state index in [1.807, 2.05) is 32.0 Å². The Balaban J connectivity index is 2.20. The molecule has 0 bridgehead atoms. The molecule has 0 aliphatic rings. The highest BCUT2D eigenvalue weighted by atomic mass is 16.4. The molecule has 128 valence electrons. The van der Waals surface area contributed by atoms with Crippen molar-refractivity contribution >= 4 is 29.2 Å². The van der Waals surface area contributed by atoms with E-state index >= 15 is 0 Å². The number of aryl methyl sites for hydroxylation is 2. The summed E-state index contributed by atoms with van der Waals surface area (Å²) < 4.78 is 0. The maximum absolute atomic E-state index is 12.5. The van der Waals surface area contributed by atoms with E-state index in [0.717, 1.165) is 23.3 Å². The number of carboxylic acids is 1. The maximum atomic E-state index is 12.5. The SMILES string of the molecule is Cc1cc(C)cc(NC(=O)c2ccccc2NC(=O)/C=C\C(=O)O)c1. The number of rotatable bonds is 5. The molecule has 6 heteroatoms. The van der Waals surface area contributed by atoms with Gasteiger partial charge in [-0.3, -0.25) is 9.59 Å². The van der Waals surface area contributed by atoms with Crippen molar-refractivity contribution in [1.82, 2.24) is 0 Å². The molecule has 2 rings (SSSR count). The molecule has 2 amide bonds. The van der Waals surface area contributed by atoms with Gasteiger partial charge >= 0.3 is 5.97 Å². The Hall–Kier alpha value is -3.41. The third-order valence-corrected chi connectivity index (χ3v) is 3.29. The highest BCUT2D eigenvalue weighted by Crippen LogP contribution is 2.19. The lowest BCUT2D eigenvalue weighted by Gasteiger charge is -2.11. The van der Waals surface area contributed by atoms with Gasteiger partial charge in [-0.25, -0.2) is 4.79 Å². The van der Waals surface area contributed by atoms with Crippen molar-refractivity contribution < 1.29 is 19.5 Å². The van der Waals surface area contributed by atoms with Crippen LogP contribution in [0.2, 0.25) is 0 Å². The van der Waals surface area contributed by atoms with Crippen LogP contribution < -0.4 is 10.6 Å². The van der Waals surface area contributed by atoms with Gasteiger partial charge in [-0.15, -0.1) is 0 Å². The zero-order chi connectivity index (χ0) is 18.4. The van der Waals surface area contributed by atoms with Crippen LogP contribution in [0.15, 0.2) is 54.6 Å². The van der Waals surface area contributed by atoms with E-state index in [1.54, 1.807) is 24.3 Å². The van der Waals surface area contributed by atoms with Gasteiger partial charge in [0.15, 0.2) is 0 Å². The molecule has 3 N–H and O–H groups in total. The maximum Gasteiger partial charge on any atom is 0.328 e. The number of benzene rings is 2. The van der Waals surface area contributed by atoms with Gasteiger partial charge in [-0.05, 0) is 49.2 Å². The van der Waals surface area contributed by atoms with Crippen molar-refractivity contribution in [3.63, 3.8) is 0 Å². The Morgan fingerprint density at radius 3 is 2.20 bits per heavy atom. The molecule has 25 heavy (non-hydrogen) atoms. The summed E-state index contributed by atoms with van der Waals surface area (Å²) in [6, 6.07) is 12.2. The summed E-state index contributed by atoms with van der Waals surface area (Å²) >= 11 is 0. The molecule has 6 nitrogen and oxygen atoms in total. The van der Waals surface area contributed by atoms with Crippen molar-refractivity contribution in [3.05, 3.63) is 71.3 Å². The lowest BCUT2D eigenvalue weighted by molar-refractivity contribution is -0.131. The first-order valence-electron chi connectivity index (χ1n) is 7.56. The Morgan fingerprint density at radius 1 is 0.920 bits per heavy atom. The minimum Gasteiger partial charge on any atom is -0.478 e. The molecule has 0 spiro atoms. The number of carbonyl (C=O) groups excluding carboxylic acids is 2. The number of carbonyl (C=O) groups is 3. The lowest BCUT2D eigenvalue weighted by atomic mass is 10.1. The normalized spacial score (nSPS) is 10.5. The van der Waals surface area contributed by atoms with Crippen LogP contribution in [0.1, 0.15) is 21.5 Å². The fraction of sp³-hybridized carbons (Fsp3) is 0.105. The van der Waals surface area contributed by atoms with Gasteiger partial charge in [-0.1, -0.05) is 18.2 Å². The van der Waals surface area contributed by atoms with Gasteiger partial charge in [0.25, 0.3) is 5.91 Å². The van der Waals surface area contributed by atoms with Gasteiger partial charge in [0.2, 0.25) is 5.91 Å². The van der Waals surface area contributed by atoms with Crippen LogP contribution in [0.4, 0.5) is 11.4 Å². The van der Waals surface area contributed by atoms with Gasteiger partial charge in [0.1, 0.15) is 0 Å². The van der Waals surface area contributed by atoms with Crippen LogP contribution >= 0.6 is 0 Å². The zero-order valence-electron chi connectivity index (χ0n) is 13.9. The summed E-state index contributed by atoms with van der Waals surface area (Å²) in [7, 11) is 0. The minimum absolute atomic E-state index is 0.277. The number of nitrogens with one attached hydrogen (secondary N) is 2. The van der Waals surface area contributed by atoms with Crippen LogP contribution in [-0.4, -0.2) is 22.9 Å². The second-order valence-corrected chi connectivity index (χ2v) is 5.54. The molecule has 0 heterocycles. The average molecular weight is 338 g/mol. The van der Waals surface area contributed by atoms with E-state index in [1.165, 1.54) is 0 Å². The zero-order valence-corrected chi connectivity index (χ0v) is 13.9. The van der Waals surface area contributed by atoms with E-state index in [2.05, 4.69) is 10.6 Å². The average Bonchev–Trinajstić information content (AvgIpc) is 2.52. The summed E-state index contributed by atoms with van der Waals surface area (Å²) in [6.07, 6.45) is 1.62. The monoisotopic (exact) mass is 338 g/mol. The third-order valence-electron chi connectivity index (χ3n) is 3.29. The summed E-state index contributed by atoms with van der Waals surface area (Å²) in [6.45, 7) is 3.87. The minimum atomic E-state index is -1.23. The number of anilines is 2. The molecule has 0 saturated heterocycles. The highest BCUT2D eigenvalue weighted by Gasteiger charge is 2.13. The molecule has 0 aromatic heterocycles. The lowest BCUT2D eigenvalue weighted by Crippen LogP contribution is -2.17. The number of hydrogen-bond donors (Lipinski definition) is 3. The molecule has 0 aliphatic carbocycles. The number of amides is 2. The molecule has 0 atom stereocenters. The fourth-order valence-corrected chi connectivity index (χ4v) is 2.36. The molecule has 0 aliphatic heterocycles. The standard InChI is InChI=1S/C19H18N2O4/c1-12-9-13(2)11-14(10-12)20-19(25)15-5-3-4-6-16(15)21-17(22)7-8-18(23)24/h3-11H,1-2H3,(H,20,25)(H,21,22)(H,23,24)/b8-7-. The number of para-hydroxylation sites is 1. The van der Waals surface area contributed by atoms with Crippen LogP contribution in [0, 0.1) is 13.8 Å². The summed E-state index contributed by atoms with van der Waals surface area (Å²) in [5.41, 5.74) is 3.28. The summed E-state index contributed by atoms with van der Waals surface area (Å²) in [5, 5.41) is 13.9. The first-order valence-corrected chi connectivity index (χ1v) is 7.56. The second kappa shape index (κ2) is 7.92. The largest absolute Gasteiger partial charge is 0.478 e. The molecule has 2 aromatic rings. The first kappa shape index (κ1) is 17.9. The summed E-state index contributed by atoms with van der Waals surface area (Å²) in [4.78, 5) is 34.7. The van der Waals surface area contributed by atoms with E-state index in [0.29, 0.717) is 11.4 Å². The molecule has 2 aromatic carbocycles. The molecular formula is C19H18N2O4. The smallest absolute Gasteiger partial charge is 0.328 e. The highest BCUT2D eigenvalue weighted by molar-refractivity contribution is 6.11.